The molecule has 1 heterocycles. The molecule has 11 heavy (non-hydrogen) atoms. The zero-order valence-corrected chi connectivity index (χ0v) is 8.29. The second kappa shape index (κ2) is 3.97. The number of aromatic nitrogens is 4. The van der Waals surface area contributed by atoms with Crippen LogP contribution in [0.2, 0.25) is 0 Å². The summed E-state index contributed by atoms with van der Waals surface area (Å²) < 4.78 is 31.2. The first kappa shape index (κ1) is 10.8. The van der Waals surface area contributed by atoms with Gasteiger partial charge in [-0.3, -0.25) is 4.72 Å². The Morgan fingerprint density at radius 2 is 2.18 bits per heavy atom. The van der Waals surface area contributed by atoms with E-state index in [0.717, 1.165) is 0 Å². The van der Waals surface area contributed by atoms with Crippen LogP contribution in [0.1, 0.15) is 0 Å². The first-order valence-electron chi connectivity index (χ1n) is 2.05. The molecule has 0 spiro atoms. The third kappa shape index (κ3) is 4.27. The monoisotopic (exact) mass is 187 g/mol. The van der Waals surface area contributed by atoms with Crippen LogP contribution in [-0.4, -0.2) is 33.6 Å². The predicted octanol–water partition coefficient (Wildman–Crippen LogP) is -4.92. The fraction of sp³-hybridized carbons (Fsp3) is 0. The van der Waals surface area contributed by atoms with Crippen LogP contribution in [-0.2, 0) is 10.3 Å². The van der Waals surface area contributed by atoms with Crippen molar-refractivity contribution < 1.29 is 42.5 Å². The molecule has 8 nitrogen and oxygen atoms in total. The van der Waals surface area contributed by atoms with Crippen molar-refractivity contribution in [2.45, 2.75) is 0 Å². The minimum absolute atomic E-state index is 0. The topological polar surface area (TPSA) is 124 Å². The van der Waals surface area contributed by atoms with Gasteiger partial charge in [-0.15, -0.1) is 5.10 Å². The van der Waals surface area contributed by atoms with Gasteiger partial charge >= 0.3 is 29.6 Å². The van der Waals surface area contributed by atoms with Crippen LogP contribution in [0.4, 0.5) is 5.95 Å². The Morgan fingerprint density at radius 1 is 1.55 bits per heavy atom. The molecule has 2 N–H and O–H groups in total. The molecule has 1 aromatic heterocycles. The van der Waals surface area contributed by atoms with Crippen molar-refractivity contribution in [3.8, 4) is 0 Å². The molecule has 0 aliphatic carbocycles. The molecule has 56 valence electrons. The molecule has 1 aromatic rings. The molecule has 0 aliphatic rings. The number of aromatic amines is 1. The summed E-state index contributed by atoms with van der Waals surface area (Å²) in [5.74, 6) is -0.366. The van der Waals surface area contributed by atoms with Crippen LogP contribution >= 0.6 is 0 Å². The minimum atomic E-state index is -4.53. The van der Waals surface area contributed by atoms with Crippen molar-refractivity contribution in [3.63, 3.8) is 0 Å². The second-order valence-electron chi connectivity index (χ2n) is 1.29. The standard InChI is InChI=1S/CH3N5O3S.Na/c7-10(8,9)4-1-2-5-6-3-1;/h(H,7,8,9)(H2,2,3,4,5,6);/q;+1/p-1. The molecule has 0 aromatic carbocycles. The van der Waals surface area contributed by atoms with Gasteiger partial charge in [0.2, 0.25) is 0 Å². The fourth-order valence-corrected chi connectivity index (χ4v) is 0.627. The quantitative estimate of drug-likeness (QED) is 0.353. The molecule has 0 unspecified atom stereocenters. The Kier molecular flexibility index (Phi) is 3.89. The zero-order chi connectivity index (χ0) is 7.61. The van der Waals surface area contributed by atoms with E-state index in [4.69, 9.17) is 0 Å². The summed E-state index contributed by atoms with van der Waals surface area (Å²) >= 11 is 0. The molecule has 0 saturated carbocycles. The Hall–Kier alpha value is -0.220. The number of hydrogen-bond acceptors (Lipinski definition) is 6. The summed E-state index contributed by atoms with van der Waals surface area (Å²) in [7, 11) is -4.53. The molecule has 0 saturated heterocycles. The van der Waals surface area contributed by atoms with E-state index in [1.54, 1.807) is 0 Å². The van der Waals surface area contributed by atoms with Gasteiger partial charge in [-0.1, -0.05) is 5.10 Å². The van der Waals surface area contributed by atoms with Gasteiger partial charge in [0.25, 0.3) is 5.95 Å². The molecular formula is CH2N5NaO3S. The van der Waals surface area contributed by atoms with Crippen LogP contribution < -0.4 is 34.3 Å². The van der Waals surface area contributed by atoms with Crippen molar-refractivity contribution in [1.29, 1.82) is 0 Å². The molecule has 0 amide bonds. The van der Waals surface area contributed by atoms with E-state index < -0.39 is 10.3 Å². The SMILES string of the molecule is O=S(=O)([O-])Nc1nn[nH]n1.[Na+]. The molecule has 10 heteroatoms. The van der Waals surface area contributed by atoms with E-state index in [2.05, 4.69) is 15.4 Å². The van der Waals surface area contributed by atoms with E-state index in [1.165, 1.54) is 4.72 Å². The van der Waals surface area contributed by atoms with Crippen molar-refractivity contribution in [3.05, 3.63) is 0 Å². The van der Waals surface area contributed by atoms with Crippen molar-refractivity contribution in [2.75, 3.05) is 4.72 Å². The molecule has 1 rings (SSSR count). The fourth-order valence-electron chi connectivity index (χ4n) is 0.317. The Balaban J connectivity index is 0.000001000. The van der Waals surface area contributed by atoms with E-state index in [0.29, 0.717) is 0 Å². The van der Waals surface area contributed by atoms with E-state index in [-0.39, 0.29) is 35.5 Å². The normalized spacial score (nSPS) is 10.3. The smallest absolute Gasteiger partial charge is 0.731 e. The third-order valence-corrected chi connectivity index (χ3v) is 0.994. The van der Waals surface area contributed by atoms with Crippen molar-refractivity contribution >= 4 is 16.3 Å². The maximum atomic E-state index is 9.91. The van der Waals surface area contributed by atoms with Gasteiger partial charge in [0.05, 0.1) is 0 Å². The third-order valence-electron chi connectivity index (χ3n) is 0.562. The number of nitrogens with one attached hydrogen (secondary N) is 2. The zero-order valence-electron chi connectivity index (χ0n) is 5.47. The number of tetrazole rings is 1. The summed E-state index contributed by atoms with van der Waals surface area (Å²) in [6.45, 7) is 0. The van der Waals surface area contributed by atoms with Crippen LogP contribution in [0.25, 0.3) is 0 Å². The summed E-state index contributed by atoms with van der Waals surface area (Å²) in [6.07, 6.45) is 0. The Labute approximate surface area is 83.9 Å². The average Bonchev–Trinajstić information content (AvgIpc) is 2.12. The molecule has 0 atom stereocenters. The number of H-pyrrole nitrogens is 1. The Morgan fingerprint density at radius 3 is 2.55 bits per heavy atom. The maximum Gasteiger partial charge on any atom is 1.00 e. The van der Waals surface area contributed by atoms with E-state index in [9.17, 15) is 13.0 Å². The molecule has 0 fully saturated rings. The van der Waals surface area contributed by atoms with Gasteiger partial charge < -0.3 is 4.55 Å². The summed E-state index contributed by atoms with van der Waals surface area (Å²) in [4.78, 5) is 0. The van der Waals surface area contributed by atoms with Crippen LogP contribution in [0, 0.1) is 0 Å². The van der Waals surface area contributed by atoms with Gasteiger partial charge in [0.1, 0.15) is 0 Å². The van der Waals surface area contributed by atoms with Crippen LogP contribution in [0.15, 0.2) is 0 Å². The van der Waals surface area contributed by atoms with Crippen LogP contribution in [0.3, 0.4) is 0 Å². The molecule has 0 aliphatic heterocycles. The van der Waals surface area contributed by atoms with Gasteiger partial charge in [0.15, 0.2) is 10.3 Å². The van der Waals surface area contributed by atoms with E-state index in [1.807, 2.05) is 5.21 Å². The van der Waals surface area contributed by atoms with Gasteiger partial charge in [0, 0.05) is 0 Å². The first-order valence-corrected chi connectivity index (χ1v) is 3.46. The number of anilines is 1. The molecule has 0 radical (unpaired) electrons. The van der Waals surface area contributed by atoms with Crippen molar-refractivity contribution in [1.82, 2.24) is 20.6 Å². The Bertz CT molecular complexity index is 292. The minimum Gasteiger partial charge on any atom is -0.731 e. The largest absolute Gasteiger partial charge is 1.00 e. The number of nitrogens with zero attached hydrogens (tertiary/aromatic N) is 3. The summed E-state index contributed by atoms with van der Waals surface area (Å²) in [6, 6.07) is 0. The first-order chi connectivity index (χ1) is 4.58. The van der Waals surface area contributed by atoms with Gasteiger partial charge in [-0.2, -0.15) is 5.21 Å². The number of hydrogen-bond donors (Lipinski definition) is 2. The number of rotatable bonds is 2. The van der Waals surface area contributed by atoms with Crippen molar-refractivity contribution in [2.24, 2.45) is 0 Å². The summed E-state index contributed by atoms with van der Waals surface area (Å²) in [5.41, 5.74) is 0. The molecule has 0 bridgehead atoms. The second-order valence-corrected chi connectivity index (χ2v) is 2.40. The van der Waals surface area contributed by atoms with E-state index >= 15 is 0 Å². The maximum absolute atomic E-state index is 9.91. The van der Waals surface area contributed by atoms with Gasteiger partial charge in [-0.05, 0) is 5.21 Å². The summed E-state index contributed by atoms with van der Waals surface area (Å²) in [5, 5.41) is 11.3. The van der Waals surface area contributed by atoms with Crippen LogP contribution in [0.5, 0.6) is 0 Å². The average molecular weight is 187 g/mol. The predicted molar refractivity (Wildman–Crippen MR) is 27.5 cm³/mol. The molecular weight excluding hydrogens is 185 g/mol. The van der Waals surface area contributed by atoms with Gasteiger partial charge in [-0.25, -0.2) is 8.42 Å².